The average molecular weight is 520 g/mol. The Kier molecular flexibility index (Phi) is 8.22. The van der Waals surface area contributed by atoms with E-state index >= 15 is 0 Å². The molecule has 37 heavy (non-hydrogen) atoms. The molecule has 0 spiro atoms. The van der Waals surface area contributed by atoms with E-state index in [9.17, 15) is 13.2 Å². The Morgan fingerprint density at radius 1 is 0.919 bits per heavy atom. The van der Waals surface area contributed by atoms with E-state index in [2.05, 4.69) is 34.5 Å². The highest BCUT2D eigenvalue weighted by Crippen LogP contribution is 2.28. The zero-order chi connectivity index (χ0) is 26.6. The van der Waals surface area contributed by atoms with Crippen LogP contribution < -0.4 is 14.5 Å². The molecule has 0 saturated carbocycles. The lowest BCUT2D eigenvalue weighted by atomic mass is 10.1. The van der Waals surface area contributed by atoms with Crippen molar-refractivity contribution in [1.82, 2.24) is 5.32 Å². The zero-order valence-electron chi connectivity index (χ0n) is 22.2. The number of hydrogen-bond acceptors (Lipinski definition) is 4. The largest absolute Gasteiger partial charge is 0.372 e. The molecule has 4 rings (SSSR count). The van der Waals surface area contributed by atoms with Gasteiger partial charge in [0.15, 0.2) is 0 Å². The van der Waals surface area contributed by atoms with E-state index in [-0.39, 0.29) is 18.5 Å². The lowest BCUT2D eigenvalue weighted by Gasteiger charge is -2.29. The second-order valence-corrected chi connectivity index (χ2v) is 11.9. The molecule has 0 aliphatic carbocycles. The number of carbonyl (C=O) groups is 1. The van der Waals surface area contributed by atoms with Crippen LogP contribution in [0.2, 0.25) is 0 Å². The Hall–Kier alpha value is -3.32. The minimum Gasteiger partial charge on any atom is -0.372 e. The van der Waals surface area contributed by atoms with Crippen LogP contribution in [0.15, 0.2) is 66.7 Å². The fourth-order valence-electron chi connectivity index (χ4n) is 4.98. The molecule has 1 fully saturated rings. The molecular formula is C30H37N3O3S. The predicted octanol–water partition coefficient (Wildman–Crippen LogP) is 5.75. The van der Waals surface area contributed by atoms with E-state index in [0.29, 0.717) is 11.3 Å². The smallest absolute Gasteiger partial charge is 0.251 e. The highest BCUT2D eigenvalue weighted by Gasteiger charge is 2.22. The fourth-order valence-corrected chi connectivity index (χ4v) is 5.98. The van der Waals surface area contributed by atoms with E-state index < -0.39 is 10.0 Å². The van der Waals surface area contributed by atoms with E-state index in [4.69, 9.17) is 0 Å². The summed E-state index contributed by atoms with van der Waals surface area (Å²) in [5, 5.41) is 3.08. The molecule has 1 N–H and O–H groups in total. The highest BCUT2D eigenvalue weighted by atomic mass is 32.2. The lowest BCUT2D eigenvalue weighted by Crippen LogP contribution is -2.30. The summed E-state index contributed by atoms with van der Waals surface area (Å²) < 4.78 is 26.7. The number of para-hydroxylation sites is 1. The summed E-state index contributed by atoms with van der Waals surface area (Å²) >= 11 is 0. The molecule has 0 aromatic heterocycles. The van der Waals surface area contributed by atoms with Crippen molar-refractivity contribution < 1.29 is 13.2 Å². The van der Waals surface area contributed by atoms with Crippen LogP contribution in [0, 0.1) is 13.8 Å². The molecule has 0 unspecified atom stereocenters. The van der Waals surface area contributed by atoms with Gasteiger partial charge in [0.1, 0.15) is 0 Å². The van der Waals surface area contributed by atoms with Gasteiger partial charge in [-0.15, -0.1) is 0 Å². The standard InChI is InChI=1S/C30H37N3O3S/c1-22-9-8-10-23(2)29(22)33(37(4,35)36)21-25-11-13-27(14-12-25)30(34)31-24(3)26-15-17-28(18-16-26)32-19-6-5-7-20-32/h8-18,24H,5-7,19-21H2,1-4H3,(H,31,34)/t24-/m0/s1. The fraction of sp³-hybridized carbons (Fsp3) is 0.367. The number of nitrogens with one attached hydrogen (secondary N) is 1. The van der Waals surface area contributed by atoms with Crippen LogP contribution in [0.5, 0.6) is 0 Å². The molecule has 7 heteroatoms. The van der Waals surface area contributed by atoms with Crippen LogP contribution in [-0.2, 0) is 16.6 Å². The monoisotopic (exact) mass is 519 g/mol. The maximum absolute atomic E-state index is 12.9. The summed E-state index contributed by atoms with van der Waals surface area (Å²) in [4.78, 5) is 15.3. The maximum atomic E-state index is 12.9. The molecule has 1 amide bonds. The molecule has 1 heterocycles. The molecule has 1 aliphatic heterocycles. The Balaban J connectivity index is 1.42. The molecule has 3 aromatic rings. The summed E-state index contributed by atoms with van der Waals surface area (Å²) in [5.74, 6) is -0.158. The minimum absolute atomic E-state index is 0.132. The van der Waals surface area contributed by atoms with Gasteiger partial charge in [0.05, 0.1) is 24.5 Å². The van der Waals surface area contributed by atoms with Crippen molar-refractivity contribution >= 4 is 27.3 Å². The number of benzene rings is 3. The first-order valence-corrected chi connectivity index (χ1v) is 14.8. The third-order valence-corrected chi connectivity index (χ3v) is 8.21. The minimum atomic E-state index is -3.49. The van der Waals surface area contributed by atoms with Gasteiger partial charge in [-0.05, 0) is 86.6 Å². The van der Waals surface area contributed by atoms with Gasteiger partial charge in [-0.1, -0.05) is 42.5 Å². The predicted molar refractivity (Wildman–Crippen MR) is 152 cm³/mol. The second-order valence-electron chi connectivity index (χ2n) is 10.0. The first kappa shape index (κ1) is 26.7. The van der Waals surface area contributed by atoms with Crippen molar-refractivity contribution in [2.75, 3.05) is 28.6 Å². The molecule has 0 radical (unpaired) electrons. The number of hydrogen-bond donors (Lipinski definition) is 1. The van der Waals surface area contributed by atoms with Gasteiger partial charge < -0.3 is 10.2 Å². The van der Waals surface area contributed by atoms with Crippen LogP contribution in [0.25, 0.3) is 0 Å². The molecule has 1 saturated heterocycles. The summed E-state index contributed by atoms with van der Waals surface area (Å²) in [6.45, 7) is 8.22. The summed E-state index contributed by atoms with van der Waals surface area (Å²) in [7, 11) is -3.49. The van der Waals surface area contributed by atoms with Crippen LogP contribution in [-0.4, -0.2) is 33.7 Å². The number of anilines is 2. The van der Waals surface area contributed by atoms with Gasteiger partial charge in [0, 0.05) is 24.3 Å². The number of nitrogens with zero attached hydrogens (tertiary/aromatic N) is 2. The topological polar surface area (TPSA) is 69.7 Å². The number of carbonyl (C=O) groups excluding carboxylic acids is 1. The number of piperidine rings is 1. The second kappa shape index (κ2) is 11.4. The lowest BCUT2D eigenvalue weighted by molar-refractivity contribution is 0.0940. The first-order valence-electron chi connectivity index (χ1n) is 12.9. The van der Waals surface area contributed by atoms with Crippen LogP contribution in [0.1, 0.15) is 64.8 Å². The highest BCUT2D eigenvalue weighted by molar-refractivity contribution is 7.92. The van der Waals surface area contributed by atoms with Gasteiger partial charge in [-0.25, -0.2) is 8.42 Å². The number of aryl methyl sites for hydroxylation is 2. The number of rotatable bonds is 8. The Bertz CT molecular complexity index is 1310. The van der Waals surface area contributed by atoms with E-state index in [1.54, 1.807) is 12.1 Å². The third-order valence-electron chi connectivity index (χ3n) is 7.09. The molecule has 1 aliphatic rings. The molecule has 6 nitrogen and oxygen atoms in total. The zero-order valence-corrected chi connectivity index (χ0v) is 23.0. The van der Waals surface area contributed by atoms with Crippen molar-refractivity contribution in [3.05, 3.63) is 94.5 Å². The van der Waals surface area contributed by atoms with E-state index in [1.165, 1.54) is 35.5 Å². The molecular weight excluding hydrogens is 482 g/mol. The quantitative estimate of drug-likeness (QED) is 0.411. The van der Waals surface area contributed by atoms with E-state index in [0.717, 1.165) is 35.3 Å². The van der Waals surface area contributed by atoms with Crippen LogP contribution in [0.3, 0.4) is 0 Å². The number of amides is 1. The Morgan fingerprint density at radius 3 is 2.08 bits per heavy atom. The van der Waals surface area contributed by atoms with Crippen molar-refractivity contribution in [2.24, 2.45) is 0 Å². The molecule has 3 aromatic carbocycles. The maximum Gasteiger partial charge on any atom is 0.251 e. The van der Waals surface area contributed by atoms with Crippen molar-refractivity contribution in [1.29, 1.82) is 0 Å². The van der Waals surface area contributed by atoms with Crippen LogP contribution in [0.4, 0.5) is 11.4 Å². The van der Waals surface area contributed by atoms with Gasteiger partial charge in [-0.2, -0.15) is 0 Å². The summed E-state index contributed by atoms with van der Waals surface area (Å²) in [6, 6.07) is 21.2. The number of sulfonamides is 1. The molecule has 0 bridgehead atoms. The Labute approximate surface area is 221 Å². The molecule has 196 valence electrons. The van der Waals surface area contributed by atoms with Crippen molar-refractivity contribution in [3.63, 3.8) is 0 Å². The van der Waals surface area contributed by atoms with Gasteiger partial charge >= 0.3 is 0 Å². The SMILES string of the molecule is Cc1cccc(C)c1N(Cc1ccc(C(=O)N[C@@H](C)c2ccc(N3CCCCC3)cc2)cc1)S(C)(=O)=O. The summed E-state index contributed by atoms with van der Waals surface area (Å²) in [5.41, 5.74) is 6.15. The van der Waals surface area contributed by atoms with Gasteiger partial charge in [0.25, 0.3) is 5.91 Å². The Morgan fingerprint density at radius 2 is 1.51 bits per heavy atom. The van der Waals surface area contributed by atoms with Gasteiger partial charge in [0.2, 0.25) is 10.0 Å². The van der Waals surface area contributed by atoms with Crippen molar-refractivity contribution in [3.8, 4) is 0 Å². The molecule has 1 atom stereocenters. The normalized spacial score (nSPS) is 14.8. The summed E-state index contributed by atoms with van der Waals surface area (Å²) in [6.07, 6.45) is 5.01. The van der Waals surface area contributed by atoms with E-state index in [1.807, 2.05) is 51.1 Å². The average Bonchev–Trinajstić information content (AvgIpc) is 2.88. The first-order chi connectivity index (χ1) is 17.6. The van der Waals surface area contributed by atoms with Crippen molar-refractivity contribution in [2.45, 2.75) is 52.6 Å². The van der Waals surface area contributed by atoms with Crippen LogP contribution >= 0.6 is 0 Å². The van der Waals surface area contributed by atoms with Gasteiger partial charge in [-0.3, -0.25) is 9.10 Å². The third kappa shape index (κ3) is 6.52.